The summed E-state index contributed by atoms with van der Waals surface area (Å²) in [6.45, 7) is 5.38. The average molecular weight is 399 g/mol. The van der Waals surface area contributed by atoms with Crippen LogP contribution in [0.15, 0.2) is 77.8 Å². The molecule has 1 heterocycles. The number of pyridine rings is 1. The molecule has 2 rings (SSSR count). The summed E-state index contributed by atoms with van der Waals surface area (Å²) in [4.78, 5) is 19.8. The number of rotatable bonds is 7. The van der Waals surface area contributed by atoms with E-state index in [1.54, 1.807) is 37.3 Å². The van der Waals surface area contributed by atoms with Gasteiger partial charge in [-0.3, -0.25) is 5.41 Å². The molecular formula is C21H19F2N3O3. The number of hydrogen-bond donors (Lipinski definition) is 1. The molecule has 0 aliphatic carbocycles. The van der Waals surface area contributed by atoms with E-state index in [2.05, 4.69) is 16.6 Å². The molecule has 29 heavy (non-hydrogen) atoms. The van der Waals surface area contributed by atoms with Gasteiger partial charge in [-0.25, -0.2) is 18.6 Å². The first-order chi connectivity index (χ1) is 13.9. The lowest BCUT2D eigenvalue weighted by Gasteiger charge is -2.08. The summed E-state index contributed by atoms with van der Waals surface area (Å²) in [5.41, 5.74) is -0.480. The first-order valence-electron chi connectivity index (χ1n) is 8.61. The number of alkyl halides is 2. The molecule has 8 heteroatoms. The summed E-state index contributed by atoms with van der Waals surface area (Å²) in [5, 5.41) is 8.11. The van der Waals surface area contributed by atoms with E-state index in [-0.39, 0.29) is 23.8 Å². The van der Waals surface area contributed by atoms with Gasteiger partial charge in [-0.1, -0.05) is 36.9 Å². The fourth-order valence-electron chi connectivity index (χ4n) is 2.11. The fraction of sp³-hybridized carbons (Fsp3) is 0.143. The summed E-state index contributed by atoms with van der Waals surface area (Å²) in [6, 6.07) is 12.4. The molecule has 0 unspecified atom stereocenters. The Kier molecular flexibility index (Phi) is 7.90. The van der Waals surface area contributed by atoms with E-state index in [9.17, 15) is 13.6 Å². The summed E-state index contributed by atoms with van der Waals surface area (Å²) in [6.07, 6.45) is -0.257. The van der Waals surface area contributed by atoms with Crippen LogP contribution >= 0.6 is 0 Å². The van der Waals surface area contributed by atoms with Crippen molar-refractivity contribution in [2.45, 2.75) is 13.3 Å². The van der Waals surface area contributed by atoms with Gasteiger partial charge in [0.15, 0.2) is 5.84 Å². The van der Waals surface area contributed by atoms with E-state index >= 15 is 0 Å². The Balaban J connectivity index is 2.42. The molecule has 0 saturated heterocycles. The van der Waals surface area contributed by atoms with E-state index < -0.39 is 23.9 Å². The van der Waals surface area contributed by atoms with E-state index in [1.807, 2.05) is 0 Å². The van der Waals surface area contributed by atoms with Gasteiger partial charge in [-0.15, -0.1) is 0 Å². The van der Waals surface area contributed by atoms with Gasteiger partial charge in [-0.05, 0) is 31.2 Å². The lowest BCUT2D eigenvalue weighted by Crippen LogP contribution is -2.14. The van der Waals surface area contributed by atoms with Crippen LogP contribution in [0.5, 0.6) is 5.75 Å². The summed E-state index contributed by atoms with van der Waals surface area (Å²) >= 11 is 0. The maximum absolute atomic E-state index is 12.9. The Labute approximate surface area is 166 Å². The van der Waals surface area contributed by atoms with E-state index in [1.165, 1.54) is 24.3 Å². The largest absolute Gasteiger partial charge is 0.462 e. The topological polar surface area (TPSA) is 84.6 Å². The molecule has 0 fully saturated rings. The van der Waals surface area contributed by atoms with E-state index in [4.69, 9.17) is 14.9 Å². The average Bonchev–Trinajstić information content (AvgIpc) is 2.72. The number of amidine groups is 1. The van der Waals surface area contributed by atoms with Crippen molar-refractivity contribution in [3.05, 3.63) is 84.2 Å². The number of hydrogen-bond acceptors (Lipinski definition) is 5. The van der Waals surface area contributed by atoms with Crippen LogP contribution in [0.25, 0.3) is 0 Å². The van der Waals surface area contributed by atoms with E-state index in [0.717, 1.165) is 6.07 Å². The van der Waals surface area contributed by atoms with Crippen molar-refractivity contribution < 1.29 is 23.0 Å². The second-order valence-corrected chi connectivity index (χ2v) is 5.49. The molecule has 1 N–H and O–H groups in total. The number of aliphatic imine (C=N–C) groups is 1. The standard InChI is InChI=1S/C21H19F2N3O3/c1-3-14(21(27)28-4-2)13-18(29-15-9-6-5-7-10-15)26-20(24)17-12-8-11-16(25-17)19(22)23/h3,5-13,19,24H,1,4H2,2H3/b14-13-,24-20?,26-18+. The van der Waals surface area contributed by atoms with Gasteiger partial charge in [0.2, 0.25) is 5.90 Å². The SMILES string of the molecule is C=C/C(=C/C(=N\C(=N)c1cccc(C(F)F)n1)Oc1ccccc1)C(=O)OCC. The van der Waals surface area contributed by atoms with Crippen LogP contribution in [0.2, 0.25) is 0 Å². The van der Waals surface area contributed by atoms with Crippen molar-refractivity contribution in [1.82, 2.24) is 4.98 Å². The number of nitrogens with one attached hydrogen (secondary N) is 1. The minimum atomic E-state index is -2.78. The maximum Gasteiger partial charge on any atom is 0.338 e. The van der Waals surface area contributed by atoms with E-state index in [0.29, 0.717) is 5.75 Å². The van der Waals surface area contributed by atoms with Gasteiger partial charge >= 0.3 is 5.97 Å². The molecule has 0 aliphatic heterocycles. The zero-order valence-corrected chi connectivity index (χ0v) is 15.6. The Hall–Kier alpha value is -3.68. The number of esters is 1. The van der Waals surface area contributed by atoms with Crippen molar-refractivity contribution in [1.29, 1.82) is 5.41 Å². The number of aromatic nitrogens is 1. The lowest BCUT2D eigenvalue weighted by atomic mass is 10.2. The normalized spacial score (nSPS) is 11.9. The van der Waals surface area contributed by atoms with Gasteiger partial charge in [0.1, 0.15) is 17.1 Å². The second kappa shape index (κ2) is 10.6. The van der Waals surface area contributed by atoms with Gasteiger partial charge in [-0.2, -0.15) is 4.99 Å². The minimum Gasteiger partial charge on any atom is -0.462 e. The maximum atomic E-state index is 12.9. The summed E-state index contributed by atoms with van der Waals surface area (Å²) in [5.74, 6) is -0.788. The highest BCUT2D eigenvalue weighted by molar-refractivity contribution is 6.08. The molecule has 6 nitrogen and oxygen atoms in total. The van der Waals surface area contributed by atoms with Crippen LogP contribution in [-0.2, 0) is 9.53 Å². The van der Waals surface area contributed by atoms with Crippen LogP contribution in [0, 0.1) is 5.41 Å². The van der Waals surface area contributed by atoms with Crippen LogP contribution < -0.4 is 4.74 Å². The number of carbonyl (C=O) groups excluding carboxylic acids is 1. The molecule has 0 amide bonds. The van der Waals surface area contributed by atoms with Crippen molar-refractivity contribution >= 4 is 17.7 Å². The Morgan fingerprint density at radius 3 is 2.59 bits per heavy atom. The van der Waals surface area contributed by atoms with Crippen LogP contribution in [0.3, 0.4) is 0 Å². The lowest BCUT2D eigenvalue weighted by molar-refractivity contribution is -0.138. The molecule has 0 bridgehead atoms. The quantitative estimate of drug-likeness (QED) is 0.244. The highest BCUT2D eigenvalue weighted by Crippen LogP contribution is 2.17. The predicted molar refractivity (Wildman–Crippen MR) is 105 cm³/mol. The monoisotopic (exact) mass is 399 g/mol. The molecule has 150 valence electrons. The Bertz CT molecular complexity index is 941. The molecule has 0 spiro atoms. The molecule has 1 aromatic carbocycles. The Morgan fingerprint density at radius 2 is 1.97 bits per heavy atom. The third-order valence-corrected chi connectivity index (χ3v) is 3.43. The fourth-order valence-corrected chi connectivity index (χ4v) is 2.11. The highest BCUT2D eigenvalue weighted by atomic mass is 19.3. The predicted octanol–water partition coefficient (Wildman–Crippen LogP) is 4.50. The summed E-state index contributed by atoms with van der Waals surface area (Å²) < 4.78 is 36.3. The van der Waals surface area contributed by atoms with Gasteiger partial charge < -0.3 is 9.47 Å². The molecule has 2 aromatic rings. The third kappa shape index (κ3) is 6.46. The van der Waals surface area contributed by atoms with Crippen LogP contribution in [0.1, 0.15) is 24.7 Å². The number of nitrogens with zero attached hydrogens (tertiary/aromatic N) is 2. The Morgan fingerprint density at radius 1 is 1.24 bits per heavy atom. The van der Waals surface area contributed by atoms with Crippen molar-refractivity contribution in [2.24, 2.45) is 4.99 Å². The number of benzene rings is 1. The second-order valence-electron chi connectivity index (χ2n) is 5.49. The van der Waals surface area contributed by atoms with Crippen LogP contribution in [-0.4, -0.2) is 29.3 Å². The smallest absolute Gasteiger partial charge is 0.338 e. The van der Waals surface area contributed by atoms with Gasteiger partial charge in [0.05, 0.1) is 12.2 Å². The molecule has 0 aliphatic rings. The minimum absolute atomic E-state index is 0.0589. The van der Waals surface area contributed by atoms with Crippen molar-refractivity contribution in [2.75, 3.05) is 6.61 Å². The van der Waals surface area contributed by atoms with Crippen LogP contribution in [0.4, 0.5) is 8.78 Å². The third-order valence-electron chi connectivity index (χ3n) is 3.43. The molecule has 1 aromatic heterocycles. The van der Waals surface area contributed by atoms with Gasteiger partial charge in [0.25, 0.3) is 6.43 Å². The molecule has 0 radical (unpaired) electrons. The molecule has 0 atom stereocenters. The first kappa shape index (κ1) is 21.6. The highest BCUT2D eigenvalue weighted by Gasteiger charge is 2.14. The number of ether oxygens (including phenoxy) is 2. The van der Waals surface area contributed by atoms with Crippen molar-refractivity contribution in [3.8, 4) is 5.75 Å². The van der Waals surface area contributed by atoms with Crippen molar-refractivity contribution in [3.63, 3.8) is 0 Å². The van der Waals surface area contributed by atoms with Gasteiger partial charge in [0, 0.05) is 6.08 Å². The number of halogens is 2. The first-order valence-corrected chi connectivity index (χ1v) is 8.61. The summed E-state index contributed by atoms with van der Waals surface area (Å²) in [7, 11) is 0. The molecule has 0 saturated carbocycles. The zero-order chi connectivity index (χ0) is 21.2. The number of para-hydroxylation sites is 1. The number of carbonyl (C=O) groups is 1. The zero-order valence-electron chi connectivity index (χ0n) is 15.6. The molecular weight excluding hydrogens is 380 g/mol.